The zero-order valence-corrected chi connectivity index (χ0v) is 12.6. The van der Waals surface area contributed by atoms with Crippen molar-refractivity contribution in [2.24, 2.45) is 0 Å². The van der Waals surface area contributed by atoms with E-state index in [1.54, 1.807) is 11.3 Å². The van der Waals surface area contributed by atoms with Gasteiger partial charge in [-0.2, -0.15) is 4.98 Å². The molecule has 3 rings (SSSR count). The predicted octanol–water partition coefficient (Wildman–Crippen LogP) is 3.23. The van der Waals surface area contributed by atoms with Gasteiger partial charge in [-0.05, 0) is 24.1 Å². The fraction of sp³-hybridized carbons (Fsp3) is 0.250. The molecule has 1 unspecified atom stereocenters. The molecule has 2 aromatic heterocycles. The van der Waals surface area contributed by atoms with Crippen molar-refractivity contribution < 1.29 is 4.52 Å². The Labute approximate surface area is 127 Å². The van der Waals surface area contributed by atoms with E-state index in [4.69, 9.17) is 4.52 Å². The maximum absolute atomic E-state index is 5.37. The number of benzene rings is 1. The molecule has 0 radical (unpaired) electrons. The van der Waals surface area contributed by atoms with Crippen molar-refractivity contribution in [3.63, 3.8) is 0 Å². The Bertz CT molecular complexity index is 664. The summed E-state index contributed by atoms with van der Waals surface area (Å²) in [4.78, 5) is 5.73. The third kappa shape index (κ3) is 3.56. The van der Waals surface area contributed by atoms with E-state index in [0.29, 0.717) is 12.3 Å². The third-order valence-corrected chi connectivity index (χ3v) is 4.23. The fourth-order valence-corrected chi connectivity index (χ4v) is 2.96. The molecule has 21 heavy (non-hydrogen) atoms. The molecule has 0 aliphatic heterocycles. The van der Waals surface area contributed by atoms with Gasteiger partial charge in [-0.15, -0.1) is 11.3 Å². The van der Waals surface area contributed by atoms with Crippen LogP contribution in [0.25, 0.3) is 0 Å². The quantitative estimate of drug-likeness (QED) is 0.759. The molecule has 0 spiro atoms. The summed E-state index contributed by atoms with van der Waals surface area (Å²) < 4.78 is 5.37. The minimum atomic E-state index is 0.182. The largest absolute Gasteiger partial charge is 0.339 e. The van der Waals surface area contributed by atoms with Crippen molar-refractivity contribution in [3.05, 3.63) is 70.0 Å². The van der Waals surface area contributed by atoms with Crippen molar-refractivity contribution in [2.75, 3.05) is 7.05 Å². The van der Waals surface area contributed by atoms with Crippen LogP contribution in [0.15, 0.2) is 52.4 Å². The first-order chi connectivity index (χ1) is 10.3. The van der Waals surface area contributed by atoms with E-state index in [9.17, 15) is 0 Å². The number of nitrogens with one attached hydrogen (secondary N) is 1. The first-order valence-electron chi connectivity index (χ1n) is 6.91. The van der Waals surface area contributed by atoms with Gasteiger partial charge in [0.15, 0.2) is 5.82 Å². The van der Waals surface area contributed by atoms with Crippen LogP contribution in [-0.4, -0.2) is 17.2 Å². The van der Waals surface area contributed by atoms with E-state index in [-0.39, 0.29) is 6.04 Å². The van der Waals surface area contributed by atoms with Crippen LogP contribution >= 0.6 is 11.3 Å². The second-order valence-corrected chi connectivity index (χ2v) is 5.85. The second-order valence-electron chi connectivity index (χ2n) is 4.82. The van der Waals surface area contributed by atoms with E-state index in [0.717, 1.165) is 12.2 Å². The second kappa shape index (κ2) is 6.65. The summed E-state index contributed by atoms with van der Waals surface area (Å²) >= 11 is 1.71. The smallest absolute Gasteiger partial charge is 0.228 e. The molecular weight excluding hydrogens is 282 g/mol. The molecule has 0 aliphatic carbocycles. The summed E-state index contributed by atoms with van der Waals surface area (Å²) in [5.74, 6) is 1.42. The van der Waals surface area contributed by atoms with Crippen molar-refractivity contribution in [2.45, 2.75) is 18.9 Å². The molecule has 108 valence electrons. The minimum Gasteiger partial charge on any atom is -0.339 e. The van der Waals surface area contributed by atoms with Crippen LogP contribution in [0.3, 0.4) is 0 Å². The number of aromatic nitrogens is 2. The maximum atomic E-state index is 5.37. The highest BCUT2D eigenvalue weighted by molar-refractivity contribution is 7.09. The Morgan fingerprint density at radius 3 is 2.76 bits per heavy atom. The number of rotatable bonds is 6. The van der Waals surface area contributed by atoms with Gasteiger partial charge in [-0.25, -0.2) is 0 Å². The van der Waals surface area contributed by atoms with Gasteiger partial charge in [0.05, 0.1) is 0 Å². The molecule has 1 N–H and O–H groups in total. The lowest BCUT2D eigenvalue weighted by Gasteiger charge is -2.13. The van der Waals surface area contributed by atoms with Crippen LogP contribution in [0, 0.1) is 0 Å². The summed E-state index contributed by atoms with van der Waals surface area (Å²) in [5, 5.41) is 9.42. The summed E-state index contributed by atoms with van der Waals surface area (Å²) in [7, 11) is 1.95. The van der Waals surface area contributed by atoms with Crippen LogP contribution in [0.1, 0.15) is 28.2 Å². The maximum Gasteiger partial charge on any atom is 0.228 e. The fourth-order valence-electron chi connectivity index (χ4n) is 2.26. The summed E-state index contributed by atoms with van der Waals surface area (Å²) in [6, 6.07) is 14.6. The highest BCUT2D eigenvalue weighted by atomic mass is 32.1. The number of likely N-dealkylation sites (N-methyl/N-ethyl adjacent to an activating group) is 1. The van der Waals surface area contributed by atoms with Crippen LogP contribution in [0.2, 0.25) is 0 Å². The third-order valence-electron chi connectivity index (χ3n) is 3.35. The van der Waals surface area contributed by atoms with Gasteiger partial charge < -0.3 is 9.84 Å². The first-order valence-corrected chi connectivity index (χ1v) is 7.79. The predicted molar refractivity (Wildman–Crippen MR) is 83.4 cm³/mol. The Morgan fingerprint density at radius 2 is 2.05 bits per heavy atom. The summed E-state index contributed by atoms with van der Waals surface area (Å²) in [5.41, 5.74) is 1.22. The van der Waals surface area contributed by atoms with Gasteiger partial charge in [-0.1, -0.05) is 41.6 Å². The van der Waals surface area contributed by atoms with Crippen LogP contribution in [-0.2, 0) is 12.8 Å². The first kappa shape index (κ1) is 14.0. The van der Waals surface area contributed by atoms with E-state index in [1.807, 2.05) is 31.3 Å². The standard InChI is InChI=1S/C16H17N3OS/c1-17-14(12-6-3-2-4-7-12)11-16-18-15(19-20-16)10-13-8-5-9-21-13/h2-9,14,17H,10-11H2,1H3. The van der Waals surface area contributed by atoms with Gasteiger partial charge in [0.1, 0.15) is 0 Å². The van der Waals surface area contributed by atoms with Crippen LogP contribution in [0.5, 0.6) is 0 Å². The SMILES string of the molecule is CNC(Cc1nc(Cc2cccs2)no1)c1ccccc1. The zero-order valence-electron chi connectivity index (χ0n) is 11.8. The highest BCUT2D eigenvalue weighted by Crippen LogP contribution is 2.18. The van der Waals surface area contributed by atoms with Gasteiger partial charge in [0.2, 0.25) is 5.89 Å². The van der Waals surface area contributed by atoms with Crippen molar-refractivity contribution in [1.29, 1.82) is 0 Å². The summed E-state index contributed by atoms with van der Waals surface area (Å²) in [6.07, 6.45) is 1.43. The zero-order chi connectivity index (χ0) is 14.5. The molecule has 1 aromatic carbocycles. The number of hydrogen-bond acceptors (Lipinski definition) is 5. The molecule has 0 bridgehead atoms. The average Bonchev–Trinajstić information content (AvgIpc) is 3.18. The molecule has 3 aromatic rings. The molecule has 0 saturated carbocycles. The van der Waals surface area contributed by atoms with Gasteiger partial charge in [-0.3, -0.25) is 0 Å². The Morgan fingerprint density at radius 1 is 1.19 bits per heavy atom. The molecule has 0 amide bonds. The highest BCUT2D eigenvalue weighted by Gasteiger charge is 2.15. The normalized spacial score (nSPS) is 12.4. The molecule has 5 heteroatoms. The number of thiophene rings is 1. The van der Waals surface area contributed by atoms with Crippen molar-refractivity contribution in [3.8, 4) is 0 Å². The van der Waals surface area contributed by atoms with Gasteiger partial charge in [0, 0.05) is 23.8 Å². The van der Waals surface area contributed by atoms with Crippen molar-refractivity contribution in [1.82, 2.24) is 15.5 Å². The molecule has 0 saturated heterocycles. The lowest BCUT2D eigenvalue weighted by Crippen LogP contribution is -2.18. The Kier molecular flexibility index (Phi) is 4.43. The summed E-state index contributed by atoms with van der Waals surface area (Å²) in [6.45, 7) is 0. The Balaban J connectivity index is 1.68. The molecule has 0 fully saturated rings. The molecule has 4 nitrogen and oxygen atoms in total. The van der Waals surface area contributed by atoms with Gasteiger partial charge in [0.25, 0.3) is 0 Å². The monoisotopic (exact) mass is 299 g/mol. The van der Waals surface area contributed by atoms with Crippen LogP contribution in [0.4, 0.5) is 0 Å². The topological polar surface area (TPSA) is 51.0 Å². The number of hydrogen-bond donors (Lipinski definition) is 1. The van der Waals surface area contributed by atoms with E-state index in [1.165, 1.54) is 10.4 Å². The molecule has 0 aliphatic rings. The lowest BCUT2D eigenvalue weighted by molar-refractivity contribution is 0.359. The van der Waals surface area contributed by atoms with Crippen LogP contribution < -0.4 is 5.32 Å². The molecule has 2 heterocycles. The minimum absolute atomic E-state index is 0.182. The molecular formula is C16H17N3OS. The van der Waals surface area contributed by atoms with E-state index < -0.39 is 0 Å². The van der Waals surface area contributed by atoms with Gasteiger partial charge >= 0.3 is 0 Å². The van der Waals surface area contributed by atoms with E-state index in [2.05, 4.69) is 39.0 Å². The number of nitrogens with zero attached hydrogens (tertiary/aromatic N) is 2. The molecule has 1 atom stereocenters. The average molecular weight is 299 g/mol. The lowest BCUT2D eigenvalue weighted by atomic mass is 10.0. The van der Waals surface area contributed by atoms with Crippen molar-refractivity contribution >= 4 is 11.3 Å². The Hall–Kier alpha value is -1.98. The van der Waals surface area contributed by atoms with E-state index >= 15 is 0 Å².